The second-order valence-electron chi connectivity index (χ2n) is 3.34. The minimum atomic E-state index is -0.375. The first-order valence-electron chi connectivity index (χ1n) is 4.31. The predicted molar refractivity (Wildman–Crippen MR) is 51.5 cm³/mol. The van der Waals surface area contributed by atoms with Crippen LogP contribution in [0, 0.1) is 0 Å². The van der Waals surface area contributed by atoms with E-state index < -0.39 is 0 Å². The SMILES string of the molecule is CN1C(=O)[C@@H](N)Cc2ccccc21. The number of hydrogen-bond acceptors (Lipinski definition) is 2. The summed E-state index contributed by atoms with van der Waals surface area (Å²) in [7, 11) is 1.76. The molecule has 13 heavy (non-hydrogen) atoms. The maximum absolute atomic E-state index is 11.5. The summed E-state index contributed by atoms with van der Waals surface area (Å²) in [6.45, 7) is 0. The Hall–Kier alpha value is -1.35. The Balaban J connectivity index is 2.49. The molecule has 1 aromatic rings. The van der Waals surface area contributed by atoms with Crippen LogP contribution < -0.4 is 10.6 Å². The Morgan fingerprint density at radius 1 is 1.46 bits per heavy atom. The zero-order valence-electron chi connectivity index (χ0n) is 7.53. The van der Waals surface area contributed by atoms with E-state index in [1.54, 1.807) is 11.9 Å². The topological polar surface area (TPSA) is 46.3 Å². The molecule has 68 valence electrons. The van der Waals surface area contributed by atoms with Gasteiger partial charge in [-0.1, -0.05) is 18.2 Å². The number of para-hydroxylation sites is 1. The summed E-state index contributed by atoms with van der Waals surface area (Å²) in [5.74, 6) is -0.00120. The van der Waals surface area contributed by atoms with E-state index in [9.17, 15) is 4.79 Å². The van der Waals surface area contributed by atoms with Gasteiger partial charge >= 0.3 is 0 Å². The highest BCUT2D eigenvalue weighted by Gasteiger charge is 2.26. The van der Waals surface area contributed by atoms with E-state index in [1.165, 1.54) is 0 Å². The van der Waals surface area contributed by atoms with Crippen molar-refractivity contribution in [1.82, 2.24) is 0 Å². The van der Waals surface area contributed by atoms with Crippen molar-refractivity contribution in [2.45, 2.75) is 12.5 Å². The lowest BCUT2D eigenvalue weighted by molar-refractivity contribution is -0.119. The van der Waals surface area contributed by atoms with Gasteiger partial charge in [-0.2, -0.15) is 0 Å². The normalized spacial score (nSPS) is 21.5. The molecule has 2 rings (SSSR count). The molecule has 0 saturated heterocycles. The number of nitrogens with zero attached hydrogens (tertiary/aromatic N) is 1. The van der Waals surface area contributed by atoms with Gasteiger partial charge in [-0.05, 0) is 18.1 Å². The highest BCUT2D eigenvalue weighted by molar-refractivity contribution is 5.99. The predicted octanol–water partition coefficient (Wildman–Crippen LogP) is 0.533. The van der Waals surface area contributed by atoms with Crippen LogP contribution in [0.1, 0.15) is 5.56 Å². The molecule has 2 N–H and O–H groups in total. The van der Waals surface area contributed by atoms with E-state index in [0.29, 0.717) is 6.42 Å². The summed E-state index contributed by atoms with van der Waals surface area (Å²) in [6.07, 6.45) is 0.652. The second-order valence-corrected chi connectivity index (χ2v) is 3.34. The number of carbonyl (C=O) groups excluding carboxylic acids is 1. The number of hydrogen-bond donors (Lipinski definition) is 1. The smallest absolute Gasteiger partial charge is 0.243 e. The largest absolute Gasteiger partial charge is 0.320 e. The highest BCUT2D eigenvalue weighted by atomic mass is 16.2. The van der Waals surface area contributed by atoms with Gasteiger partial charge in [0.05, 0.1) is 6.04 Å². The molecule has 1 amide bonds. The summed E-state index contributed by atoms with van der Waals surface area (Å²) in [5.41, 5.74) is 7.82. The lowest BCUT2D eigenvalue weighted by Gasteiger charge is -2.29. The van der Waals surface area contributed by atoms with Crippen LogP contribution in [0.5, 0.6) is 0 Å². The van der Waals surface area contributed by atoms with E-state index in [4.69, 9.17) is 5.73 Å². The molecule has 0 radical (unpaired) electrons. The molecule has 0 aromatic heterocycles. The molecule has 1 aliphatic rings. The molecule has 3 heteroatoms. The van der Waals surface area contributed by atoms with Crippen LogP contribution in [0.4, 0.5) is 5.69 Å². The fourth-order valence-electron chi connectivity index (χ4n) is 1.70. The van der Waals surface area contributed by atoms with E-state index in [-0.39, 0.29) is 11.9 Å². The van der Waals surface area contributed by atoms with Gasteiger partial charge in [-0.25, -0.2) is 0 Å². The average molecular weight is 176 g/mol. The van der Waals surface area contributed by atoms with E-state index in [2.05, 4.69) is 0 Å². The minimum Gasteiger partial charge on any atom is -0.320 e. The Morgan fingerprint density at radius 3 is 2.92 bits per heavy atom. The minimum absolute atomic E-state index is 0.00120. The summed E-state index contributed by atoms with van der Waals surface area (Å²) < 4.78 is 0. The number of benzene rings is 1. The van der Waals surface area contributed by atoms with Crippen molar-refractivity contribution in [3.8, 4) is 0 Å². The number of likely N-dealkylation sites (N-methyl/N-ethyl adjacent to an activating group) is 1. The molecule has 0 fully saturated rings. The Morgan fingerprint density at radius 2 is 2.15 bits per heavy atom. The zero-order chi connectivity index (χ0) is 9.42. The number of anilines is 1. The molecule has 0 saturated carbocycles. The molecule has 0 unspecified atom stereocenters. The number of nitrogens with two attached hydrogens (primary N) is 1. The monoisotopic (exact) mass is 176 g/mol. The van der Waals surface area contributed by atoms with Crippen molar-refractivity contribution in [3.63, 3.8) is 0 Å². The van der Waals surface area contributed by atoms with Crippen LogP contribution in [0.3, 0.4) is 0 Å². The maximum atomic E-state index is 11.5. The first kappa shape index (κ1) is 8.26. The van der Waals surface area contributed by atoms with Gasteiger partial charge in [0, 0.05) is 12.7 Å². The van der Waals surface area contributed by atoms with Gasteiger partial charge in [0.25, 0.3) is 0 Å². The molecule has 1 atom stereocenters. The third-order valence-electron chi connectivity index (χ3n) is 2.44. The first-order chi connectivity index (χ1) is 6.20. The van der Waals surface area contributed by atoms with Crippen molar-refractivity contribution in [1.29, 1.82) is 0 Å². The maximum Gasteiger partial charge on any atom is 0.243 e. The third-order valence-corrected chi connectivity index (χ3v) is 2.44. The molecule has 3 nitrogen and oxygen atoms in total. The van der Waals surface area contributed by atoms with Gasteiger partial charge in [-0.15, -0.1) is 0 Å². The third kappa shape index (κ3) is 1.21. The van der Waals surface area contributed by atoms with Gasteiger partial charge < -0.3 is 10.6 Å². The summed E-state index contributed by atoms with van der Waals surface area (Å²) >= 11 is 0. The van der Waals surface area contributed by atoms with Crippen molar-refractivity contribution in [2.24, 2.45) is 5.73 Å². The molecule has 1 heterocycles. The van der Waals surface area contributed by atoms with Crippen LogP contribution in [-0.2, 0) is 11.2 Å². The standard InChI is InChI=1S/C10H12N2O/c1-12-9-5-3-2-4-7(9)6-8(11)10(12)13/h2-5,8H,6,11H2,1H3/t8-/m0/s1. The van der Waals surface area contributed by atoms with Crippen molar-refractivity contribution >= 4 is 11.6 Å². The first-order valence-corrected chi connectivity index (χ1v) is 4.31. The van der Waals surface area contributed by atoms with Gasteiger partial charge in [0.2, 0.25) is 5.91 Å². The zero-order valence-corrected chi connectivity index (χ0v) is 7.53. The molecule has 1 aliphatic heterocycles. The van der Waals surface area contributed by atoms with E-state index in [1.807, 2.05) is 24.3 Å². The summed E-state index contributed by atoms with van der Waals surface area (Å²) in [6, 6.07) is 7.48. The van der Waals surface area contributed by atoms with Gasteiger partial charge in [0.1, 0.15) is 0 Å². The molecular weight excluding hydrogens is 164 g/mol. The van der Waals surface area contributed by atoms with Crippen LogP contribution in [0.25, 0.3) is 0 Å². The number of fused-ring (bicyclic) bond motifs is 1. The van der Waals surface area contributed by atoms with Gasteiger partial charge in [0.15, 0.2) is 0 Å². The number of rotatable bonds is 0. The van der Waals surface area contributed by atoms with Crippen LogP contribution >= 0.6 is 0 Å². The van der Waals surface area contributed by atoms with Crippen LogP contribution in [-0.4, -0.2) is 19.0 Å². The van der Waals surface area contributed by atoms with E-state index >= 15 is 0 Å². The Bertz CT molecular complexity index is 349. The Labute approximate surface area is 77.1 Å². The van der Waals surface area contributed by atoms with Crippen LogP contribution in [0.15, 0.2) is 24.3 Å². The summed E-state index contributed by atoms with van der Waals surface area (Å²) in [5, 5.41) is 0. The van der Waals surface area contributed by atoms with Crippen molar-refractivity contribution in [3.05, 3.63) is 29.8 Å². The number of amides is 1. The van der Waals surface area contributed by atoms with E-state index in [0.717, 1.165) is 11.3 Å². The number of carbonyl (C=O) groups is 1. The van der Waals surface area contributed by atoms with Gasteiger partial charge in [-0.3, -0.25) is 4.79 Å². The fraction of sp³-hybridized carbons (Fsp3) is 0.300. The molecular formula is C10H12N2O. The average Bonchev–Trinajstić information content (AvgIpc) is 2.15. The van der Waals surface area contributed by atoms with Crippen LogP contribution in [0.2, 0.25) is 0 Å². The summed E-state index contributed by atoms with van der Waals surface area (Å²) in [4.78, 5) is 13.1. The lowest BCUT2D eigenvalue weighted by Crippen LogP contribution is -2.46. The quantitative estimate of drug-likeness (QED) is 0.627. The Kier molecular flexibility index (Phi) is 1.81. The second kappa shape index (κ2) is 2.85. The van der Waals surface area contributed by atoms with Crippen molar-refractivity contribution in [2.75, 3.05) is 11.9 Å². The molecule has 0 bridgehead atoms. The lowest BCUT2D eigenvalue weighted by atomic mass is 9.98. The molecule has 0 spiro atoms. The van der Waals surface area contributed by atoms with Crippen molar-refractivity contribution < 1.29 is 4.79 Å². The molecule has 1 aromatic carbocycles. The molecule has 0 aliphatic carbocycles. The highest BCUT2D eigenvalue weighted by Crippen LogP contribution is 2.25. The fourth-order valence-corrected chi connectivity index (χ4v) is 1.70.